The topological polar surface area (TPSA) is 32.3 Å². The molecule has 0 aromatic carbocycles. The number of carbonyl (C=O) groups excluding carboxylic acids is 1. The van der Waals surface area contributed by atoms with Gasteiger partial charge in [-0.25, -0.2) is 0 Å². The van der Waals surface area contributed by atoms with Gasteiger partial charge in [0.15, 0.2) is 0 Å². The summed E-state index contributed by atoms with van der Waals surface area (Å²) >= 11 is 0. The van der Waals surface area contributed by atoms with E-state index in [0.29, 0.717) is 23.9 Å². The van der Waals surface area contributed by atoms with E-state index >= 15 is 0 Å². The van der Waals surface area contributed by atoms with E-state index < -0.39 is 0 Å². The molecule has 0 unspecified atom stereocenters. The molecule has 2 atom stereocenters. The van der Waals surface area contributed by atoms with Gasteiger partial charge in [0.2, 0.25) is 5.91 Å². The second kappa shape index (κ2) is 2.71. The van der Waals surface area contributed by atoms with E-state index in [9.17, 15) is 4.79 Å². The van der Waals surface area contributed by atoms with Gasteiger partial charge in [-0.2, -0.15) is 0 Å². The smallest absolute Gasteiger partial charge is 0.226 e. The molecule has 13 heavy (non-hydrogen) atoms. The van der Waals surface area contributed by atoms with Crippen LogP contribution in [0, 0.1) is 5.92 Å². The Morgan fingerprint density at radius 3 is 2.69 bits per heavy atom. The van der Waals surface area contributed by atoms with Gasteiger partial charge in [-0.05, 0) is 19.3 Å². The van der Waals surface area contributed by atoms with E-state index in [1.807, 2.05) is 0 Å². The average molecular weight is 180 g/mol. The van der Waals surface area contributed by atoms with E-state index in [0.717, 1.165) is 25.9 Å². The third-order valence-corrected chi connectivity index (χ3v) is 3.79. The van der Waals surface area contributed by atoms with Crippen molar-refractivity contribution in [3.8, 4) is 0 Å². The number of likely N-dealkylation sites (tertiary alicyclic amines) is 1. The molecule has 72 valence electrons. The van der Waals surface area contributed by atoms with Crippen LogP contribution in [0.3, 0.4) is 0 Å². The Balaban J connectivity index is 1.68. The molecule has 0 aromatic heterocycles. The zero-order valence-corrected chi connectivity index (χ0v) is 7.83. The largest absolute Gasteiger partial charge is 0.337 e. The molecule has 3 rings (SSSR count). The molecule has 0 aromatic rings. The summed E-state index contributed by atoms with van der Waals surface area (Å²) in [6.07, 6.45) is 4.73. The molecule has 0 spiro atoms. The van der Waals surface area contributed by atoms with E-state index in [1.165, 1.54) is 12.8 Å². The summed E-state index contributed by atoms with van der Waals surface area (Å²) in [4.78, 5) is 14.0. The third-order valence-electron chi connectivity index (χ3n) is 3.79. The maximum absolute atomic E-state index is 11.9. The lowest BCUT2D eigenvalue weighted by Crippen LogP contribution is -2.49. The minimum atomic E-state index is 0.388. The van der Waals surface area contributed by atoms with Crippen molar-refractivity contribution in [3.63, 3.8) is 0 Å². The van der Waals surface area contributed by atoms with Crippen LogP contribution in [0.2, 0.25) is 0 Å². The highest BCUT2D eigenvalue weighted by Crippen LogP contribution is 2.32. The van der Waals surface area contributed by atoms with Crippen LogP contribution in [-0.4, -0.2) is 36.0 Å². The minimum absolute atomic E-state index is 0.388. The molecular formula is C10H16N2O. The minimum Gasteiger partial charge on any atom is -0.337 e. The van der Waals surface area contributed by atoms with Gasteiger partial charge >= 0.3 is 0 Å². The second-order valence-corrected chi connectivity index (χ2v) is 4.61. The summed E-state index contributed by atoms with van der Waals surface area (Å²) < 4.78 is 0. The summed E-state index contributed by atoms with van der Waals surface area (Å²) in [5, 5.41) is 3.42. The fourth-order valence-corrected chi connectivity index (χ4v) is 2.72. The summed E-state index contributed by atoms with van der Waals surface area (Å²) in [6, 6.07) is 1.13. The van der Waals surface area contributed by atoms with Crippen molar-refractivity contribution in [1.82, 2.24) is 10.2 Å². The van der Waals surface area contributed by atoms with Gasteiger partial charge in [0.25, 0.3) is 0 Å². The predicted octanol–water partition coefficient (Wildman–Crippen LogP) is 0.359. The summed E-state index contributed by atoms with van der Waals surface area (Å²) in [5.74, 6) is 0.833. The number of piperazine rings is 1. The van der Waals surface area contributed by atoms with Gasteiger partial charge in [-0.15, -0.1) is 0 Å². The van der Waals surface area contributed by atoms with E-state index in [2.05, 4.69) is 10.2 Å². The fraction of sp³-hybridized carbons (Fsp3) is 0.900. The number of hydrogen-bond donors (Lipinski definition) is 1. The first-order valence-electron chi connectivity index (χ1n) is 5.38. The van der Waals surface area contributed by atoms with Crippen LogP contribution in [0.4, 0.5) is 0 Å². The van der Waals surface area contributed by atoms with Crippen molar-refractivity contribution in [1.29, 1.82) is 0 Å². The molecule has 2 aliphatic heterocycles. The van der Waals surface area contributed by atoms with Crippen molar-refractivity contribution < 1.29 is 4.79 Å². The van der Waals surface area contributed by atoms with E-state index in [4.69, 9.17) is 0 Å². The standard InChI is InChI=1S/C10H16N2O/c13-10(7-2-1-3-7)12-6-8-4-9(12)5-11-8/h7-9,11H,1-6H2/t8-,9-/m0/s1. The number of rotatable bonds is 1. The predicted molar refractivity (Wildman–Crippen MR) is 49.2 cm³/mol. The normalized spacial score (nSPS) is 38.0. The van der Waals surface area contributed by atoms with Crippen molar-refractivity contribution in [2.75, 3.05) is 13.1 Å². The molecule has 1 N–H and O–H groups in total. The van der Waals surface area contributed by atoms with Crippen molar-refractivity contribution >= 4 is 5.91 Å². The number of amides is 1. The lowest BCUT2D eigenvalue weighted by atomic mass is 9.84. The van der Waals surface area contributed by atoms with Crippen LogP contribution < -0.4 is 5.32 Å². The molecule has 2 saturated heterocycles. The molecule has 0 radical (unpaired) electrons. The molecule has 2 bridgehead atoms. The van der Waals surface area contributed by atoms with Crippen LogP contribution in [0.5, 0.6) is 0 Å². The number of nitrogens with one attached hydrogen (secondary N) is 1. The fourth-order valence-electron chi connectivity index (χ4n) is 2.72. The number of carbonyl (C=O) groups is 1. The Bertz CT molecular complexity index is 237. The van der Waals surface area contributed by atoms with Gasteiger partial charge in [-0.1, -0.05) is 6.42 Å². The van der Waals surface area contributed by atoms with Crippen LogP contribution in [-0.2, 0) is 4.79 Å². The quantitative estimate of drug-likeness (QED) is 0.632. The van der Waals surface area contributed by atoms with Crippen LogP contribution in [0.15, 0.2) is 0 Å². The lowest BCUT2D eigenvalue weighted by molar-refractivity contribution is -0.139. The van der Waals surface area contributed by atoms with E-state index in [1.54, 1.807) is 0 Å². The Morgan fingerprint density at radius 2 is 2.23 bits per heavy atom. The zero-order chi connectivity index (χ0) is 8.84. The summed E-state index contributed by atoms with van der Waals surface area (Å²) in [7, 11) is 0. The molecule has 3 nitrogen and oxygen atoms in total. The molecule has 3 aliphatic rings. The van der Waals surface area contributed by atoms with Gasteiger partial charge in [0.1, 0.15) is 0 Å². The average Bonchev–Trinajstić information content (AvgIpc) is 2.59. The Labute approximate surface area is 78.5 Å². The van der Waals surface area contributed by atoms with E-state index in [-0.39, 0.29) is 0 Å². The monoisotopic (exact) mass is 180 g/mol. The summed E-state index contributed by atoms with van der Waals surface area (Å²) in [5.41, 5.74) is 0. The highest BCUT2D eigenvalue weighted by atomic mass is 16.2. The maximum Gasteiger partial charge on any atom is 0.226 e. The molecule has 3 fully saturated rings. The molecular weight excluding hydrogens is 164 g/mol. The van der Waals surface area contributed by atoms with Gasteiger partial charge in [0.05, 0.1) is 0 Å². The van der Waals surface area contributed by atoms with Crippen LogP contribution in [0.1, 0.15) is 25.7 Å². The third kappa shape index (κ3) is 1.10. The first-order valence-corrected chi connectivity index (χ1v) is 5.38. The molecule has 1 aliphatic carbocycles. The molecule has 2 heterocycles. The van der Waals surface area contributed by atoms with Gasteiger partial charge < -0.3 is 10.2 Å². The number of fused-ring (bicyclic) bond motifs is 2. The maximum atomic E-state index is 11.9. The van der Waals surface area contributed by atoms with Crippen LogP contribution in [0.25, 0.3) is 0 Å². The van der Waals surface area contributed by atoms with Crippen LogP contribution >= 0.6 is 0 Å². The first kappa shape index (κ1) is 7.80. The highest BCUT2D eigenvalue weighted by Gasteiger charge is 2.42. The molecule has 1 amide bonds. The Kier molecular flexibility index (Phi) is 1.62. The highest BCUT2D eigenvalue weighted by molar-refractivity contribution is 5.80. The Morgan fingerprint density at radius 1 is 1.38 bits per heavy atom. The summed E-state index contributed by atoms with van der Waals surface area (Å²) in [6.45, 7) is 2.00. The molecule has 3 heteroatoms. The SMILES string of the molecule is O=C(C1CCC1)N1C[C@@H]2C[C@H]1CN2. The zero-order valence-electron chi connectivity index (χ0n) is 7.83. The van der Waals surface area contributed by atoms with Gasteiger partial charge in [0, 0.05) is 31.1 Å². The van der Waals surface area contributed by atoms with Crippen molar-refractivity contribution in [2.45, 2.75) is 37.8 Å². The number of nitrogens with zero attached hydrogens (tertiary/aromatic N) is 1. The molecule has 1 saturated carbocycles. The van der Waals surface area contributed by atoms with Gasteiger partial charge in [-0.3, -0.25) is 4.79 Å². The Hall–Kier alpha value is -0.570. The second-order valence-electron chi connectivity index (χ2n) is 4.61. The number of hydrogen-bond acceptors (Lipinski definition) is 2. The van der Waals surface area contributed by atoms with Crippen molar-refractivity contribution in [3.05, 3.63) is 0 Å². The first-order chi connectivity index (χ1) is 6.34. The van der Waals surface area contributed by atoms with Crippen molar-refractivity contribution in [2.24, 2.45) is 5.92 Å². The lowest BCUT2D eigenvalue weighted by Gasteiger charge is -2.34.